The van der Waals surface area contributed by atoms with Crippen LogP contribution >= 0.6 is 0 Å². The average molecular weight is 235 g/mol. The van der Waals surface area contributed by atoms with Crippen LogP contribution in [0.2, 0.25) is 0 Å². The number of carbonyl (C=O) groups is 1. The molecule has 0 radical (unpaired) electrons. The number of Topliss-reactive ketones (excluding diaryl/α,β-unsaturated/α-hetero) is 1. The van der Waals surface area contributed by atoms with Gasteiger partial charge in [0.2, 0.25) is 0 Å². The van der Waals surface area contributed by atoms with Crippen LogP contribution in [-0.2, 0) is 6.18 Å². The van der Waals surface area contributed by atoms with E-state index in [1.54, 1.807) is 0 Å². The monoisotopic (exact) mass is 235 g/mol. The van der Waals surface area contributed by atoms with Gasteiger partial charge < -0.3 is 5.73 Å². The third-order valence-corrected chi connectivity index (χ3v) is 1.96. The van der Waals surface area contributed by atoms with Gasteiger partial charge in [0.15, 0.2) is 5.78 Å². The van der Waals surface area contributed by atoms with Gasteiger partial charge in [-0.1, -0.05) is 0 Å². The van der Waals surface area contributed by atoms with Crippen molar-refractivity contribution in [3.05, 3.63) is 35.1 Å². The Balaban J connectivity index is 3.24. The molecule has 6 heteroatoms. The highest BCUT2D eigenvalue weighted by molar-refractivity contribution is 5.97. The number of hydrogen-bond donors (Lipinski definition) is 1. The van der Waals surface area contributed by atoms with Gasteiger partial charge in [0.25, 0.3) is 0 Å². The largest absolute Gasteiger partial charge is 0.417 e. The summed E-state index contributed by atoms with van der Waals surface area (Å²) >= 11 is 0. The normalized spacial score (nSPS) is 11.6. The molecule has 88 valence electrons. The first-order valence-electron chi connectivity index (χ1n) is 4.46. The van der Waals surface area contributed by atoms with Crippen molar-refractivity contribution in [2.45, 2.75) is 12.6 Å². The number of rotatable bonds is 3. The van der Waals surface area contributed by atoms with Crippen molar-refractivity contribution < 1.29 is 22.4 Å². The Labute approximate surface area is 89.1 Å². The quantitative estimate of drug-likeness (QED) is 0.645. The highest BCUT2D eigenvalue weighted by atomic mass is 19.4. The second-order valence-corrected chi connectivity index (χ2v) is 3.15. The molecule has 0 saturated heterocycles. The van der Waals surface area contributed by atoms with Gasteiger partial charge in [-0.25, -0.2) is 4.39 Å². The Bertz CT molecular complexity index is 400. The summed E-state index contributed by atoms with van der Waals surface area (Å²) in [6.45, 7) is -0.0767. The molecule has 0 heterocycles. The van der Waals surface area contributed by atoms with E-state index in [1.807, 2.05) is 0 Å². The Morgan fingerprint density at radius 3 is 2.44 bits per heavy atom. The van der Waals surface area contributed by atoms with Crippen LogP contribution in [0.15, 0.2) is 18.2 Å². The molecule has 2 N–H and O–H groups in total. The second-order valence-electron chi connectivity index (χ2n) is 3.15. The zero-order chi connectivity index (χ0) is 12.3. The molecule has 0 aliphatic rings. The van der Waals surface area contributed by atoms with E-state index in [-0.39, 0.29) is 13.0 Å². The molecular weight excluding hydrogens is 226 g/mol. The van der Waals surface area contributed by atoms with E-state index in [0.717, 1.165) is 0 Å². The number of alkyl halides is 3. The molecule has 1 aromatic carbocycles. The van der Waals surface area contributed by atoms with Crippen LogP contribution in [0, 0.1) is 5.82 Å². The maximum Gasteiger partial charge on any atom is 0.417 e. The first kappa shape index (κ1) is 12.6. The maximum absolute atomic E-state index is 12.8. The smallest absolute Gasteiger partial charge is 0.330 e. The second kappa shape index (κ2) is 4.61. The zero-order valence-corrected chi connectivity index (χ0v) is 8.14. The molecule has 0 fully saturated rings. The molecule has 2 nitrogen and oxygen atoms in total. The zero-order valence-electron chi connectivity index (χ0n) is 8.14. The fourth-order valence-corrected chi connectivity index (χ4v) is 1.26. The number of carbonyl (C=O) groups excluding carboxylic acids is 1. The van der Waals surface area contributed by atoms with Crippen molar-refractivity contribution in [3.63, 3.8) is 0 Å². The molecule has 1 rings (SSSR count). The molecule has 0 atom stereocenters. The van der Waals surface area contributed by atoms with Gasteiger partial charge in [-0.15, -0.1) is 0 Å². The molecule has 1 aromatic rings. The van der Waals surface area contributed by atoms with Crippen LogP contribution in [-0.4, -0.2) is 12.3 Å². The van der Waals surface area contributed by atoms with E-state index in [0.29, 0.717) is 18.2 Å². The van der Waals surface area contributed by atoms with Gasteiger partial charge in [0.1, 0.15) is 5.82 Å². The van der Waals surface area contributed by atoms with Gasteiger partial charge in [-0.05, 0) is 24.7 Å². The van der Waals surface area contributed by atoms with Gasteiger partial charge in [0.05, 0.1) is 5.56 Å². The third kappa shape index (κ3) is 2.79. The van der Waals surface area contributed by atoms with Crippen molar-refractivity contribution in [2.24, 2.45) is 5.73 Å². The lowest BCUT2D eigenvalue weighted by Gasteiger charge is -2.11. The molecule has 0 amide bonds. The lowest BCUT2D eigenvalue weighted by Crippen LogP contribution is -2.16. The number of hydrogen-bond acceptors (Lipinski definition) is 2. The Morgan fingerprint density at radius 1 is 1.31 bits per heavy atom. The predicted molar refractivity (Wildman–Crippen MR) is 49.4 cm³/mol. The number of ketones is 1. The Hall–Kier alpha value is -1.43. The summed E-state index contributed by atoms with van der Waals surface area (Å²) in [6, 6.07) is 1.81. The van der Waals surface area contributed by atoms with Crippen LogP contribution in [0.3, 0.4) is 0 Å². The highest BCUT2D eigenvalue weighted by Gasteiger charge is 2.35. The van der Waals surface area contributed by atoms with Gasteiger partial charge in [0, 0.05) is 12.0 Å². The Kier molecular flexibility index (Phi) is 3.64. The van der Waals surface area contributed by atoms with Gasteiger partial charge >= 0.3 is 6.18 Å². The molecule has 0 spiro atoms. The van der Waals surface area contributed by atoms with Crippen molar-refractivity contribution in [1.82, 2.24) is 0 Å². The van der Waals surface area contributed by atoms with Crippen LogP contribution in [0.5, 0.6) is 0 Å². The Morgan fingerprint density at radius 2 is 1.94 bits per heavy atom. The van der Waals surface area contributed by atoms with Crippen molar-refractivity contribution in [3.8, 4) is 0 Å². The van der Waals surface area contributed by atoms with Crippen molar-refractivity contribution in [2.75, 3.05) is 6.54 Å². The summed E-state index contributed by atoms with van der Waals surface area (Å²) in [5, 5.41) is 0. The van der Waals surface area contributed by atoms with Crippen LogP contribution in [0.25, 0.3) is 0 Å². The summed E-state index contributed by atoms with van der Waals surface area (Å²) in [5.74, 6) is -1.69. The fourth-order valence-electron chi connectivity index (χ4n) is 1.26. The van der Waals surface area contributed by atoms with E-state index in [9.17, 15) is 22.4 Å². The molecular formula is C10H9F4NO. The number of benzene rings is 1. The SMILES string of the molecule is NCCC(=O)c1cc(F)ccc1C(F)(F)F. The van der Waals surface area contributed by atoms with Gasteiger partial charge in [-0.3, -0.25) is 4.79 Å². The molecule has 0 aliphatic heterocycles. The summed E-state index contributed by atoms with van der Waals surface area (Å²) in [4.78, 5) is 11.3. The van der Waals surface area contributed by atoms with Gasteiger partial charge in [-0.2, -0.15) is 13.2 Å². The van der Waals surface area contributed by atoms with Crippen LogP contribution < -0.4 is 5.73 Å². The maximum atomic E-state index is 12.8. The summed E-state index contributed by atoms with van der Waals surface area (Å²) in [6.07, 6.45) is -4.92. The molecule has 0 bridgehead atoms. The first-order chi connectivity index (χ1) is 7.36. The number of nitrogens with two attached hydrogens (primary N) is 1. The standard InChI is InChI=1S/C10H9F4NO/c11-6-1-2-8(10(12,13)14)7(5-6)9(16)3-4-15/h1-2,5H,3-4,15H2. The topological polar surface area (TPSA) is 43.1 Å². The summed E-state index contributed by atoms with van der Waals surface area (Å²) in [5.41, 5.74) is 3.27. The number of halogens is 4. The third-order valence-electron chi connectivity index (χ3n) is 1.96. The summed E-state index contributed by atoms with van der Waals surface area (Å²) < 4.78 is 50.2. The van der Waals surface area contributed by atoms with Crippen LogP contribution in [0.1, 0.15) is 22.3 Å². The lowest BCUT2D eigenvalue weighted by atomic mass is 10.0. The summed E-state index contributed by atoms with van der Waals surface area (Å²) in [7, 11) is 0. The predicted octanol–water partition coefficient (Wildman–Crippen LogP) is 2.38. The average Bonchev–Trinajstić information content (AvgIpc) is 2.16. The highest BCUT2D eigenvalue weighted by Crippen LogP contribution is 2.32. The minimum Gasteiger partial charge on any atom is -0.330 e. The minimum absolute atomic E-state index is 0.0767. The molecule has 0 aliphatic carbocycles. The first-order valence-corrected chi connectivity index (χ1v) is 4.46. The minimum atomic E-state index is -4.67. The van der Waals surface area contributed by atoms with E-state index in [1.165, 1.54) is 0 Å². The van der Waals surface area contributed by atoms with E-state index >= 15 is 0 Å². The van der Waals surface area contributed by atoms with Crippen molar-refractivity contribution >= 4 is 5.78 Å². The molecule has 16 heavy (non-hydrogen) atoms. The molecule has 0 unspecified atom stereocenters. The molecule has 0 saturated carbocycles. The fraction of sp³-hybridized carbons (Fsp3) is 0.300. The molecule has 0 aromatic heterocycles. The lowest BCUT2D eigenvalue weighted by molar-refractivity contribution is -0.137. The van der Waals surface area contributed by atoms with E-state index in [2.05, 4.69) is 0 Å². The van der Waals surface area contributed by atoms with E-state index in [4.69, 9.17) is 5.73 Å². The van der Waals surface area contributed by atoms with Crippen LogP contribution in [0.4, 0.5) is 17.6 Å². The van der Waals surface area contributed by atoms with Crippen molar-refractivity contribution in [1.29, 1.82) is 0 Å². The van der Waals surface area contributed by atoms with E-state index < -0.39 is 28.9 Å².